The predicted molar refractivity (Wildman–Crippen MR) is 69.9 cm³/mol. The van der Waals surface area contributed by atoms with E-state index in [2.05, 4.69) is 25.9 Å². The van der Waals surface area contributed by atoms with Gasteiger partial charge in [-0.1, -0.05) is 0 Å². The van der Waals surface area contributed by atoms with Gasteiger partial charge >= 0.3 is 0 Å². The van der Waals surface area contributed by atoms with E-state index in [1.807, 2.05) is 6.92 Å². The average molecular weight is 253 g/mol. The first kappa shape index (κ1) is 14.0. The Morgan fingerprint density at radius 3 is 2.72 bits per heavy atom. The van der Waals surface area contributed by atoms with Gasteiger partial charge in [0.15, 0.2) is 11.6 Å². The molecular weight excluding hydrogens is 234 g/mol. The van der Waals surface area contributed by atoms with E-state index in [-0.39, 0.29) is 5.91 Å². The number of hydrogen-bond acceptors (Lipinski definition) is 6. The SMILES string of the molecule is CCNC(=O)CCNc1ncnc(NC)c1OC. The van der Waals surface area contributed by atoms with Crippen molar-refractivity contribution in [2.75, 3.05) is 37.9 Å². The molecule has 18 heavy (non-hydrogen) atoms. The molecule has 0 aliphatic rings. The van der Waals surface area contributed by atoms with Crippen LogP contribution in [0.3, 0.4) is 0 Å². The van der Waals surface area contributed by atoms with Crippen LogP contribution in [-0.2, 0) is 4.79 Å². The molecule has 0 atom stereocenters. The first-order valence-corrected chi connectivity index (χ1v) is 5.80. The number of ether oxygens (including phenoxy) is 1. The second-order valence-electron chi connectivity index (χ2n) is 3.48. The quantitative estimate of drug-likeness (QED) is 0.654. The normalized spacial score (nSPS) is 9.72. The molecule has 0 saturated carbocycles. The number of carbonyl (C=O) groups is 1. The van der Waals surface area contributed by atoms with E-state index in [1.165, 1.54) is 6.33 Å². The van der Waals surface area contributed by atoms with Gasteiger partial charge in [-0.3, -0.25) is 4.79 Å². The molecule has 0 radical (unpaired) electrons. The monoisotopic (exact) mass is 253 g/mol. The van der Waals surface area contributed by atoms with Crippen molar-refractivity contribution >= 4 is 17.5 Å². The fraction of sp³-hybridized carbons (Fsp3) is 0.545. The van der Waals surface area contributed by atoms with Crippen LogP contribution < -0.4 is 20.7 Å². The molecule has 0 aliphatic heterocycles. The van der Waals surface area contributed by atoms with E-state index >= 15 is 0 Å². The summed E-state index contributed by atoms with van der Waals surface area (Å²) in [5.41, 5.74) is 0. The van der Waals surface area contributed by atoms with Gasteiger partial charge in [0.05, 0.1) is 7.11 Å². The van der Waals surface area contributed by atoms with Crippen LogP contribution >= 0.6 is 0 Å². The summed E-state index contributed by atoms with van der Waals surface area (Å²) in [6, 6.07) is 0. The molecule has 0 unspecified atom stereocenters. The van der Waals surface area contributed by atoms with Gasteiger partial charge in [0.25, 0.3) is 0 Å². The fourth-order valence-corrected chi connectivity index (χ4v) is 1.45. The minimum atomic E-state index is 0.00635. The molecule has 0 bridgehead atoms. The van der Waals surface area contributed by atoms with Gasteiger partial charge in [0.1, 0.15) is 6.33 Å². The molecule has 7 nitrogen and oxygen atoms in total. The van der Waals surface area contributed by atoms with Gasteiger partial charge in [0, 0.05) is 26.6 Å². The predicted octanol–water partition coefficient (Wildman–Crippen LogP) is 0.465. The summed E-state index contributed by atoms with van der Waals surface area (Å²) in [4.78, 5) is 19.4. The van der Waals surface area contributed by atoms with Gasteiger partial charge in [-0.05, 0) is 6.92 Å². The number of rotatable bonds is 7. The number of carbonyl (C=O) groups excluding carboxylic acids is 1. The lowest BCUT2D eigenvalue weighted by Gasteiger charge is -2.12. The first-order valence-electron chi connectivity index (χ1n) is 5.80. The first-order chi connectivity index (χ1) is 8.72. The third-order valence-electron chi connectivity index (χ3n) is 2.26. The summed E-state index contributed by atoms with van der Waals surface area (Å²) < 4.78 is 5.22. The summed E-state index contributed by atoms with van der Waals surface area (Å²) in [5, 5.41) is 8.69. The van der Waals surface area contributed by atoms with Crippen LogP contribution in [0, 0.1) is 0 Å². The lowest BCUT2D eigenvalue weighted by Crippen LogP contribution is -2.25. The summed E-state index contributed by atoms with van der Waals surface area (Å²) in [6.45, 7) is 3.01. The largest absolute Gasteiger partial charge is 0.490 e. The molecule has 1 amide bonds. The van der Waals surface area contributed by atoms with Crippen LogP contribution in [0.15, 0.2) is 6.33 Å². The van der Waals surface area contributed by atoms with Crippen LogP contribution in [-0.4, -0.2) is 43.1 Å². The lowest BCUT2D eigenvalue weighted by molar-refractivity contribution is -0.120. The second-order valence-corrected chi connectivity index (χ2v) is 3.48. The Kier molecular flexibility index (Phi) is 5.69. The molecule has 1 aromatic rings. The zero-order valence-electron chi connectivity index (χ0n) is 10.9. The number of nitrogens with zero attached hydrogens (tertiary/aromatic N) is 2. The zero-order valence-corrected chi connectivity index (χ0v) is 10.9. The van der Waals surface area contributed by atoms with Crippen molar-refractivity contribution in [3.05, 3.63) is 6.33 Å². The molecule has 0 aliphatic carbocycles. The van der Waals surface area contributed by atoms with Crippen molar-refractivity contribution in [2.45, 2.75) is 13.3 Å². The van der Waals surface area contributed by atoms with Crippen molar-refractivity contribution in [1.82, 2.24) is 15.3 Å². The van der Waals surface area contributed by atoms with Gasteiger partial charge in [0.2, 0.25) is 11.7 Å². The number of nitrogens with one attached hydrogen (secondary N) is 3. The number of methoxy groups -OCH3 is 1. The lowest BCUT2D eigenvalue weighted by atomic mass is 10.3. The molecule has 1 aromatic heterocycles. The Labute approximate surface area is 106 Å². The van der Waals surface area contributed by atoms with Crippen molar-refractivity contribution in [3.8, 4) is 5.75 Å². The number of hydrogen-bond donors (Lipinski definition) is 3. The Hall–Kier alpha value is -2.05. The highest BCUT2D eigenvalue weighted by atomic mass is 16.5. The highest BCUT2D eigenvalue weighted by molar-refractivity contribution is 5.76. The van der Waals surface area contributed by atoms with Crippen LogP contribution in [0.5, 0.6) is 5.75 Å². The van der Waals surface area contributed by atoms with Crippen LogP contribution in [0.2, 0.25) is 0 Å². The maximum atomic E-state index is 11.3. The van der Waals surface area contributed by atoms with E-state index < -0.39 is 0 Å². The van der Waals surface area contributed by atoms with Gasteiger partial charge in [-0.15, -0.1) is 0 Å². The summed E-state index contributed by atoms with van der Waals surface area (Å²) >= 11 is 0. The summed E-state index contributed by atoms with van der Waals surface area (Å²) in [7, 11) is 3.30. The van der Waals surface area contributed by atoms with Crippen molar-refractivity contribution in [3.63, 3.8) is 0 Å². The molecule has 3 N–H and O–H groups in total. The summed E-state index contributed by atoms with van der Waals surface area (Å²) in [6.07, 6.45) is 1.82. The molecule has 1 heterocycles. The molecular formula is C11H19N5O2. The molecule has 7 heteroatoms. The molecule has 0 saturated heterocycles. The number of anilines is 2. The third kappa shape index (κ3) is 3.76. The minimum absolute atomic E-state index is 0.00635. The van der Waals surface area contributed by atoms with E-state index in [0.717, 1.165) is 0 Å². The number of aromatic nitrogens is 2. The molecule has 0 aromatic carbocycles. The zero-order chi connectivity index (χ0) is 13.4. The van der Waals surface area contributed by atoms with Crippen molar-refractivity contribution < 1.29 is 9.53 Å². The summed E-state index contributed by atoms with van der Waals surface area (Å²) in [5.74, 6) is 1.72. The fourth-order valence-electron chi connectivity index (χ4n) is 1.45. The van der Waals surface area contributed by atoms with E-state index in [1.54, 1.807) is 14.2 Å². The molecule has 100 valence electrons. The molecule has 0 fully saturated rings. The van der Waals surface area contributed by atoms with Gasteiger partial charge in [-0.2, -0.15) is 0 Å². The average Bonchev–Trinajstić information content (AvgIpc) is 2.38. The van der Waals surface area contributed by atoms with Crippen LogP contribution in [0.25, 0.3) is 0 Å². The third-order valence-corrected chi connectivity index (χ3v) is 2.26. The van der Waals surface area contributed by atoms with Crippen molar-refractivity contribution in [2.24, 2.45) is 0 Å². The highest BCUT2D eigenvalue weighted by Crippen LogP contribution is 2.28. The van der Waals surface area contributed by atoms with Gasteiger partial charge in [-0.25, -0.2) is 9.97 Å². The number of amides is 1. The van der Waals surface area contributed by atoms with E-state index in [4.69, 9.17) is 4.74 Å². The highest BCUT2D eigenvalue weighted by Gasteiger charge is 2.10. The maximum Gasteiger partial charge on any atom is 0.221 e. The Morgan fingerprint density at radius 1 is 1.39 bits per heavy atom. The second kappa shape index (κ2) is 7.31. The maximum absolute atomic E-state index is 11.3. The minimum Gasteiger partial charge on any atom is -0.490 e. The van der Waals surface area contributed by atoms with E-state index in [9.17, 15) is 4.79 Å². The van der Waals surface area contributed by atoms with Crippen LogP contribution in [0.4, 0.5) is 11.6 Å². The topological polar surface area (TPSA) is 88.2 Å². The van der Waals surface area contributed by atoms with E-state index in [0.29, 0.717) is 36.9 Å². The molecule has 1 rings (SSSR count). The Balaban J connectivity index is 2.59. The van der Waals surface area contributed by atoms with Crippen LogP contribution in [0.1, 0.15) is 13.3 Å². The smallest absolute Gasteiger partial charge is 0.221 e. The Morgan fingerprint density at radius 2 is 2.11 bits per heavy atom. The van der Waals surface area contributed by atoms with Crippen molar-refractivity contribution in [1.29, 1.82) is 0 Å². The standard InChI is InChI=1S/C11H19N5O2/c1-4-13-8(17)5-6-14-11-9(18-3)10(12-2)15-7-16-11/h7H,4-6H2,1-3H3,(H,13,17)(H2,12,14,15,16). The molecule has 0 spiro atoms. The van der Waals surface area contributed by atoms with Gasteiger partial charge < -0.3 is 20.7 Å². The Bertz CT molecular complexity index is 397.